The van der Waals surface area contributed by atoms with Crippen molar-refractivity contribution >= 4 is 22.5 Å². The van der Waals surface area contributed by atoms with Crippen LogP contribution in [0.1, 0.15) is 21.5 Å². The van der Waals surface area contributed by atoms with Crippen LogP contribution >= 0.6 is 0 Å². The number of carbonyl (C=O) groups is 1. The molecule has 22 heavy (non-hydrogen) atoms. The van der Waals surface area contributed by atoms with Gasteiger partial charge in [0.25, 0.3) is 5.91 Å². The van der Waals surface area contributed by atoms with Crippen LogP contribution in [-0.4, -0.2) is 27.6 Å². The molecule has 0 saturated heterocycles. The van der Waals surface area contributed by atoms with Crippen LogP contribution in [0.25, 0.3) is 10.9 Å². The summed E-state index contributed by atoms with van der Waals surface area (Å²) in [7, 11) is 0. The molecule has 1 aliphatic rings. The minimum Gasteiger partial charge on any atom is -0.322 e. The van der Waals surface area contributed by atoms with Gasteiger partial charge in [0.1, 0.15) is 0 Å². The van der Waals surface area contributed by atoms with Crippen molar-refractivity contribution in [2.24, 2.45) is 0 Å². The van der Waals surface area contributed by atoms with Gasteiger partial charge in [-0.25, -0.2) is 0 Å². The van der Waals surface area contributed by atoms with Gasteiger partial charge in [-0.3, -0.25) is 14.9 Å². The SMILES string of the molecule is O=C(Nc1ccc2[nH]ncc2c1)c1cncc2c1CCNC2. The molecule has 0 aliphatic carbocycles. The maximum Gasteiger partial charge on any atom is 0.257 e. The Morgan fingerprint density at radius 1 is 1.23 bits per heavy atom. The van der Waals surface area contributed by atoms with E-state index in [1.807, 2.05) is 24.4 Å². The molecule has 3 aromatic rings. The molecule has 0 radical (unpaired) electrons. The van der Waals surface area contributed by atoms with E-state index in [9.17, 15) is 4.79 Å². The largest absolute Gasteiger partial charge is 0.322 e. The first-order valence-electron chi connectivity index (χ1n) is 7.22. The number of hydrogen-bond acceptors (Lipinski definition) is 4. The van der Waals surface area contributed by atoms with Gasteiger partial charge in [0.2, 0.25) is 0 Å². The summed E-state index contributed by atoms with van der Waals surface area (Å²) in [5.41, 5.74) is 4.55. The molecule has 110 valence electrons. The summed E-state index contributed by atoms with van der Waals surface area (Å²) in [6, 6.07) is 5.67. The number of rotatable bonds is 2. The lowest BCUT2D eigenvalue weighted by molar-refractivity contribution is 0.102. The third-order valence-electron chi connectivity index (χ3n) is 3.96. The number of hydrogen-bond donors (Lipinski definition) is 3. The van der Waals surface area contributed by atoms with Gasteiger partial charge in [0, 0.05) is 30.0 Å². The maximum absolute atomic E-state index is 12.6. The standard InChI is InChI=1S/C16H15N5O/c22-16(14-9-18-7-11-6-17-4-3-13(11)14)20-12-1-2-15-10(5-12)8-19-21-15/h1-2,5,7-9,17H,3-4,6H2,(H,19,21)(H,20,22). The maximum atomic E-state index is 12.6. The van der Waals surface area contributed by atoms with Gasteiger partial charge in [-0.05, 0) is 42.3 Å². The Morgan fingerprint density at radius 2 is 2.18 bits per heavy atom. The lowest BCUT2D eigenvalue weighted by Crippen LogP contribution is -2.27. The van der Waals surface area contributed by atoms with Gasteiger partial charge in [-0.15, -0.1) is 0 Å². The molecule has 0 fully saturated rings. The third-order valence-corrected chi connectivity index (χ3v) is 3.96. The van der Waals surface area contributed by atoms with Gasteiger partial charge >= 0.3 is 0 Å². The zero-order chi connectivity index (χ0) is 14.9. The van der Waals surface area contributed by atoms with Crippen molar-refractivity contribution in [3.63, 3.8) is 0 Å². The van der Waals surface area contributed by atoms with Crippen molar-refractivity contribution in [2.45, 2.75) is 13.0 Å². The molecular weight excluding hydrogens is 278 g/mol. The number of anilines is 1. The van der Waals surface area contributed by atoms with Gasteiger partial charge in [0.05, 0.1) is 17.3 Å². The molecule has 1 amide bonds. The van der Waals surface area contributed by atoms with Crippen LogP contribution in [0, 0.1) is 0 Å². The summed E-state index contributed by atoms with van der Waals surface area (Å²) >= 11 is 0. The first-order valence-corrected chi connectivity index (χ1v) is 7.22. The Morgan fingerprint density at radius 3 is 3.14 bits per heavy atom. The third kappa shape index (κ3) is 2.23. The number of pyridine rings is 1. The van der Waals surface area contributed by atoms with Gasteiger partial charge in [-0.2, -0.15) is 5.10 Å². The molecule has 0 spiro atoms. The van der Waals surface area contributed by atoms with E-state index in [-0.39, 0.29) is 5.91 Å². The minimum absolute atomic E-state index is 0.117. The number of amides is 1. The quantitative estimate of drug-likeness (QED) is 0.673. The van der Waals surface area contributed by atoms with E-state index in [2.05, 4.69) is 25.8 Å². The number of nitrogens with one attached hydrogen (secondary N) is 3. The number of fused-ring (bicyclic) bond motifs is 2. The molecule has 1 aromatic carbocycles. The van der Waals surface area contributed by atoms with Crippen LogP contribution in [0.15, 0.2) is 36.8 Å². The number of H-pyrrole nitrogens is 1. The van der Waals surface area contributed by atoms with E-state index in [1.165, 1.54) is 0 Å². The number of aromatic nitrogens is 3. The van der Waals surface area contributed by atoms with Crippen molar-refractivity contribution in [1.82, 2.24) is 20.5 Å². The molecule has 0 bridgehead atoms. The normalized spacial score (nSPS) is 13.8. The van der Waals surface area contributed by atoms with E-state index in [0.29, 0.717) is 5.56 Å². The van der Waals surface area contributed by atoms with Crippen LogP contribution in [0.2, 0.25) is 0 Å². The predicted molar refractivity (Wildman–Crippen MR) is 83.7 cm³/mol. The fourth-order valence-corrected chi connectivity index (χ4v) is 2.83. The predicted octanol–water partition coefficient (Wildman–Crippen LogP) is 1.86. The minimum atomic E-state index is -0.117. The van der Waals surface area contributed by atoms with Crippen molar-refractivity contribution in [1.29, 1.82) is 0 Å². The highest BCUT2D eigenvalue weighted by molar-refractivity contribution is 6.06. The Labute approximate surface area is 127 Å². The Bertz CT molecular complexity index is 855. The number of aromatic amines is 1. The molecular formula is C16H15N5O. The number of nitrogens with zero attached hydrogens (tertiary/aromatic N) is 2. The first kappa shape index (κ1) is 13.0. The van der Waals surface area contributed by atoms with E-state index < -0.39 is 0 Å². The van der Waals surface area contributed by atoms with Crippen LogP contribution < -0.4 is 10.6 Å². The molecule has 4 rings (SSSR count). The molecule has 3 heterocycles. The molecule has 6 nitrogen and oxygen atoms in total. The molecule has 0 unspecified atom stereocenters. The smallest absolute Gasteiger partial charge is 0.257 e. The average Bonchev–Trinajstić information content (AvgIpc) is 3.02. The number of benzene rings is 1. The lowest BCUT2D eigenvalue weighted by Gasteiger charge is -2.19. The van der Waals surface area contributed by atoms with Crippen molar-refractivity contribution in [3.8, 4) is 0 Å². The van der Waals surface area contributed by atoms with Crippen molar-refractivity contribution in [2.75, 3.05) is 11.9 Å². The Kier molecular flexibility index (Phi) is 3.08. The highest BCUT2D eigenvalue weighted by Gasteiger charge is 2.18. The highest BCUT2D eigenvalue weighted by Crippen LogP contribution is 2.20. The summed E-state index contributed by atoms with van der Waals surface area (Å²) < 4.78 is 0. The summed E-state index contributed by atoms with van der Waals surface area (Å²) in [6.45, 7) is 1.66. The van der Waals surface area contributed by atoms with Crippen molar-refractivity contribution < 1.29 is 4.79 Å². The molecule has 0 atom stereocenters. The van der Waals surface area contributed by atoms with E-state index in [1.54, 1.807) is 12.4 Å². The van der Waals surface area contributed by atoms with Crippen LogP contribution in [0.4, 0.5) is 5.69 Å². The summed E-state index contributed by atoms with van der Waals surface area (Å²) in [5, 5.41) is 14.1. The molecule has 1 aliphatic heterocycles. The zero-order valence-corrected chi connectivity index (χ0v) is 11.9. The van der Waals surface area contributed by atoms with Crippen LogP contribution in [0.5, 0.6) is 0 Å². The van der Waals surface area contributed by atoms with Crippen molar-refractivity contribution in [3.05, 3.63) is 53.5 Å². The van der Waals surface area contributed by atoms with Crippen LogP contribution in [0.3, 0.4) is 0 Å². The Hall–Kier alpha value is -2.73. The summed E-state index contributed by atoms with van der Waals surface area (Å²) in [6.07, 6.45) is 6.07. The lowest BCUT2D eigenvalue weighted by atomic mass is 9.98. The summed E-state index contributed by atoms with van der Waals surface area (Å²) in [5.74, 6) is -0.117. The fraction of sp³-hybridized carbons (Fsp3) is 0.188. The van der Waals surface area contributed by atoms with E-state index in [4.69, 9.17) is 0 Å². The van der Waals surface area contributed by atoms with E-state index in [0.717, 1.165) is 47.2 Å². The monoisotopic (exact) mass is 293 g/mol. The second kappa shape index (κ2) is 5.23. The second-order valence-electron chi connectivity index (χ2n) is 5.38. The average molecular weight is 293 g/mol. The number of carbonyl (C=O) groups excluding carboxylic acids is 1. The van der Waals surface area contributed by atoms with E-state index >= 15 is 0 Å². The highest BCUT2D eigenvalue weighted by atomic mass is 16.1. The molecule has 0 saturated carbocycles. The zero-order valence-electron chi connectivity index (χ0n) is 11.9. The first-order chi connectivity index (χ1) is 10.8. The summed E-state index contributed by atoms with van der Waals surface area (Å²) in [4.78, 5) is 16.8. The molecule has 6 heteroatoms. The fourth-order valence-electron chi connectivity index (χ4n) is 2.83. The van der Waals surface area contributed by atoms with Gasteiger partial charge < -0.3 is 10.6 Å². The van der Waals surface area contributed by atoms with Gasteiger partial charge in [-0.1, -0.05) is 0 Å². The van der Waals surface area contributed by atoms with Crippen LogP contribution in [-0.2, 0) is 13.0 Å². The molecule has 2 aromatic heterocycles. The Balaban J connectivity index is 1.64. The topological polar surface area (TPSA) is 82.7 Å². The van der Waals surface area contributed by atoms with Gasteiger partial charge in [0.15, 0.2) is 0 Å². The molecule has 3 N–H and O–H groups in total. The second-order valence-corrected chi connectivity index (χ2v) is 5.38.